The van der Waals surface area contributed by atoms with E-state index in [9.17, 15) is 5.11 Å². The SMILES string of the molecule is COc1cnc(C)cc1NCCc1ccc(O)cc1. The highest BCUT2D eigenvalue weighted by Gasteiger charge is 2.03. The molecule has 1 aromatic carbocycles. The van der Waals surface area contributed by atoms with Gasteiger partial charge in [-0.15, -0.1) is 0 Å². The van der Waals surface area contributed by atoms with Crippen molar-refractivity contribution < 1.29 is 9.84 Å². The second kappa shape index (κ2) is 6.09. The van der Waals surface area contributed by atoms with Crippen LogP contribution in [-0.4, -0.2) is 23.7 Å². The Morgan fingerprint density at radius 3 is 2.68 bits per heavy atom. The van der Waals surface area contributed by atoms with Crippen molar-refractivity contribution in [1.82, 2.24) is 4.98 Å². The fourth-order valence-corrected chi connectivity index (χ4v) is 1.85. The van der Waals surface area contributed by atoms with Gasteiger partial charge in [-0.1, -0.05) is 12.1 Å². The molecular weight excluding hydrogens is 240 g/mol. The highest BCUT2D eigenvalue weighted by atomic mass is 16.5. The first-order valence-electron chi connectivity index (χ1n) is 6.21. The van der Waals surface area contributed by atoms with E-state index >= 15 is 0 Å². The lowest BCUT2D eigenvalue weighted by Crippen LogP contribution is -2.06. The molecule has 0 aliphatic carbocycles. The number of aromatic hydroxyl groups is 1. The topological polar surface area (TPSA) is 54.4 Å². The molecule has 2 N–H and O–H groups in total. The lowest BCUT2D eigenvalue weighted by molar-refractivity contribution is 0.414. The van der Waals surface area contributed by atoms with Gasteiger partial charge in [0.1, 0.15) is 5.75 Å². The summed E-state index contributed by atoms with van der Waals surface area (Å²) < 4.78 is 5.26. The minimum atomic E-state index is 0.295. The van der Waals surface area contributed by atoms with Crippen LogP contribution in [0.25, 0.3) is 0 Å². The summed E-state index contributed by atoms with van der Waals surface area (Å²) in [6.07, 6.45) is 2.60. The van der Waals surface area contributed by atoms with Crippen LogP contribution in [0.4, 0.5) is 5.69 Å². The third kappa shape index (κ3) is 3.61. The van der Waals surface area contributed by atoms with Crippen LogP contribution in [-0.2, 0) is 6.42 Å². The van der Waals surface area contributed by atoms with Crippen molar-refractivity contribution in [1.29, 1.82) is 0 Å². The number of phenols is 1. The van der Waals surface area contributed by atoms with Gasteiger partial charge in [0.2, 0.25) is 0 Å². The highest BCUT2D eigenvalue weighted by Crippen LogP contribution is 2.23. The first-order chi connectivity index (χ1) is 9.19. The second-order valence-electron chi connectivity index (χ2n) is 4.37. The molecule has 0 saturated carbocycles. The van der Waals surface area contributed by atoms with Gasteiger partial charge >= 0.3 is 0 Å². The summed E-state index contributed by atoms with van der Waals surface area (Å²) in [5.41, 5.74) is 3.08. The van der Waals surface area contributed by atoms with Crippen molar-refractivity contribution in [3.8, 4) is 11.5 Å². The number of hydrogen-bond acceptors (Lipinski definition) is 4. The molecule has 19 heavy (non-hydrogen) atoms. The van der Waals surface area contributed by atoms with E-state index in [0.29, 0.717) is 5.75 Å². The zero-order chi connectivity index (χ0) is 13.7. The Morgan fingerprint density at radius 1 is 1.26 bits per heavy atom. The van der Waals surface area contributed by atoms with Crippen LogP contribution in [0.1, 0.15) is 11.3 Å². The van der Waals surface area contributed by atoms with E-state index in [1.807, 2.05) is 25.1 Å². The summed E-state index contributed by atoms with van der Waals surface area (Å²) in [5, 5.41) is 12.6. The largest absolute Gasteiger partial charge is 0.508 e. The van der Waals surface area contributed by atoms with Crippen LogP contribution >= 0.6 is 0 Å². The Labute approximate surface area is 113 Å². The van der Waals surface area contributed by atoms with Gasteiger partial charge in [-0.25, -0.2) is 0 Å². The molecule has 0 aliphatic heterocycles. The fourth-order valence-electron chi connectivity index (χ4n) is 1.85. The van der Waals surface area contributed by atoms with Crippen LogP contribution in [0, 0.1) is 6.92 Å². The van der Waals surface area contributed by atoms with Crippen molar-refractivity contribution in [2.45, 2.75) is 13.3 Å². The number of anilines is 1. The van der Waals surface area contributed by atoms with Crippen molar-refractivity contribution in [2.24, 2.45) is 0 Å². The van der Waals surface area contributed by atoms with E-state index in [-0.39, 0.29) is 0 Å². The van der Waals surface area contributed by atoms with Crippen LogP contribution in [0.5, 0.6) is 11.5 Å². The lowest BCUT2D eigenvalue weighted by atomic mass is 10.1. The number of phenolic OH excluding ortho intramolecular Hbond substituents is 1. The maximum absolute atomic E-state index is 9.22. The van der Waals surface area contributed by atoms with Gasteiger partial charge in [0, 0.05) is 12.2 Å². The normalized spacial score (nSPS) is 10.2. The van der Waals surface area contributed by atoms with E-state index in [1.54, 1.807) is 25.4 Å². The number of pyridine rings is 1. The van der Waals surface area contributed by atoms with E-state index in [1.165, 1.54) is 5.56 Å². The molecule has 1 heterocycles. The van der Waals surface area contributed by atoms with Gasteiger partial charge in [0.15, 0.2) is 5.75 Å². The van der Waals surface area contributed by atoms with Gasteiger partial charge in [0.25, 0.3) is 0 Å². The molecule has 0 unspecified atom stereocenters. The minimum absolute atomic E-state index is 0.295. The molecule has 0 fully saturated rings. The molecule has 0 radical (unpaired) electrons. The maximum atomic E-state index is 9.22. The van der Waals surface area contributed by atoms with Crippen LogP contribution in [0.2, 0.25) is 0 Å². The van der Waals surface area contributed by atoms with E-state index < -0.39 is 0 Å². The molecular formula is C15H18N2O2. The molecule has 0 amide bonds. The standard InChI is InChI=1S/C15H18N2O2/c1-11-9-14(15(19-2)10-17-11)16-8-7-12-3-5-13(18)6-4-12/h3-6,9-10,18H,7-8H2,1-2H3,(H,16,17). The zero-order valence-corrected chi connectivity index (χ0v) is 11.2. The summed E-state index contributed by atoms with van der Waals surface area (Å²) >= 11 is 0. The average molecular weight is 258 g/mol. The van der Waals surface area contributed by atoms with E-state index in [0.717, 1.165) is 30.1 Å². The second-order valence-corrected chi connectivity index (χ2v) is 4.37. The molecule has 4 nitrogen and oxygen atoms in total. The maximum Gasteiger partial charge on any atom is 0.160 e. The summed E-state index contributed by atoms with van der Waals surface area (Å²) in [4.78, 5) is 4.19. The first-order valence-corrected chi connectivity index (χ1v) is 6.21. The molecule has 0 saturated heterocycles. The summed E-state index contributed by atoms with van der Waals surface area (Å²) in [6.45, 7) is 2.75. The number of hydrogen-bond donors (Lipinski definition) is 2. The van der Waals surface area contributed by atoms with Crippen molar-refractivity contribution in [2.75, 3.05) is 19.0 Å². The van der Waals surface area contributed by atoms with E-state index in [2.05, 4.69) is 10.3 Å². The highest BCUT2D eigenvalue weighted by molar-refractivity contribution is 5.55. The Balaban J connectivity index is 1.95. The van der Waals surface area contributed by atoms with Crippen molar-refractivity contribution in [3.05, 3.63) is 47.8 Å². The van der Waals surface area contributed by atoms with Crippen LogP contribution < -0.4 is 10.1 Å². The van der Waals surface area contributed by atoms with Crippen LogP contribution in [0.3, 0.4) is 0 Å². The molecule has 1 aromatic heterocycles. The van der Waals surface area contributed by atoms with Gasteiger partial charge in [0.05, 0.1) is 19.0 Å². The predicted molar refractivity (Wildman–Crippen MR) is 75.8 cm³/mol. The lowest BCUT2D eigenvalue weighted by Gasteiger charge is -2.11. The third-order valence-electron chi connectivity index (χ3n) is 2.89. The Hall–Kier alpha value is -2.23. The monoisotopic (exact) mass is 258 g/mol. The molecule has 0 spiro atoms. The van der Waals surface area contributed by atoms with Gasteiger partial charge in [-0.3, -0.25) is 4.98 Å². The smallest absolute Gasteiger partial charge is 0.160 e. The third-order valence-corrected chi connectivity index (χ3v) is 2.89. The molecule has 2 aromatic rings. The summed E-state index contributed by atoms with van der Waals surface area (Å²) in [7, 11) is 1.64. The minimum Gasteiger partial charge on any atom is -0.508 e. The molecule has 4 heteroatoms. The summed E-state index contributed by atoms with van der Waals surface area (Å²) in [5.74, 6) is 1.04. The van der Waals surface area contributed by atoms with E-state index in [4.69, 9.17) is 4.74 Å². The quantitative estimate of drug-likeness (QED) is 0.866. The summed E-state index contributed by atoms with van der Waals surface area (Å²) in [6, 6.07) is 9.22. The number of nitrogens with zero attached hydrogens (tertiary/aromatic N) is 1. The van der Waals surface area contributed by atoms with Crippen molar-refractivity contribution in [3.63, 3.8) is 0 Å². The predicted octanol–water partition coefficient (Wildman–Crippen LogP) is 2.76. The average Bonchev–Trinajstić information content (AvgIpc) is 2.41. The fraction of sp³-hybridized carbons (Fsp3) is 0.267. The number of nitrogens with one attached hydrogen (secondary N) is 1. The Kier molecular flexibility index (Phi) is 4.23. The zero-order valence-electron chi connectivity index (χ0n) is 11.2. The first kappa shape index (κ1) is 13.2. The number of ether oxygens (including phenoxy) is 1. The number of methoxy groups -OCH3 is 1. The van der Waals surface area contributed by atoms with Crippen molar-refractivity contribution >= 4 is 5.69 Å². The van der Waals surface area contributed by atoms with Gasteiger partial charge < -0.3 is 15.2 Å². The Morgan fingerprint density at radius 2 is 2.00 bits per heavy atom. The number of benzene rings is 1. The molecule has 0 aliphatic rings. The van der Waals surface area contributed by atoms with Gasteiger partial charge in [-0.2, -0.15) is 0 Å². The van der Waals surface area contributed by atoms with Gasteiger partial charge in [-0.05, 0) is 37.1 Å². The molecule has 2 rings (SSSR count). The van der Waals surface area contributed by atoms with Crippen LogP contribution in [0.15, 0.2) is 36.5 Å². The number of aromatic nitrogens is 1. The molecule has 100 valence electrons. The Bertz CT molecular complexity index is 538. The number of aryl methyl sites for hydroxylation is 1. The number of rotatable bonds is 5. The molecule has 0 atom stereocenters. The molecule has 0 bridgehead atoms.